The maximum Gasteiger partial charge on any atom is 0.332 e. The zero-order chi connectivity index (χ0) is 14.5. The summed E-state index contributed by atoms with van der Waals surface area (Å²) >= 11 is 0. The van der Waals surface area contributed by atoms with Crippen LogP contribution in [0.3, 0.4) is 0 Å². The molecular formula is C14H20N2O4. The molecule has 1 aromatic rings. The minimum atomic E-state index is -0.891. The third-order valence-corrected chi connectivity index (χ3v) is 3.02. The van der Waals surface area contributed by atoms with Crippen molar-refractivity contribution in [2.45, 2.75) is 45.0 Å². The summed E-state index contributed by atoms with van der Waals surface area (Å²) in [7, 11) is 0. The van der Waals surface area contributed by atoms with Gasteiger partial charge in [0.25, 0.3) is 0 Å². The maximum absolute atomic E-state index is 10.8. The lowest BCUT2D eigenvalue weighted by Crippen LogP contribution is -2.24. The van der Waals surface area contributed by atoms with Crippen LogP contribution in [0.1, 0.15) is 26.7 Å². The monoisotopic (exact) mass is 280 g/mol. The lowest BCUT2D eigenvalue weighted by atomic mass is 10.2. The zero-order valence-corrected chi connectivity index (χ0v) is 11.7. The summed E-state index contributed by atoms with van der Waals surface area (Å²) in [5.74, 6) is -0.340. The van der Waals surface area contributed by atoms with Crippen molar-refractivity contribution in [2.75, 3.05) is 11.9 Å². The second-order valence-corrected chi connectivity index (χ2v) is 5.07. The molecule has 0 aromatic carbocycles. The summed E-state index contributed by atoms with van der Waals surface area (Å²) in [5, 5.41) is 12.1. The second-order valence-electron chi connectivity index (χ2n) is 5.07. The van der Waals surface area contributed by atoms with Crippen molar-refractivity contribution in [3.63, 3.8) is 0 Å². The molecule has 2 rings (SSSR count). The summed E-state index contributed by atoms with van der Waals surface area (Å²) in [5.41, 5.74) is 0.795. The Morgan fingerprint density at radius 3 is 3.05 bits per heavy atom. The largest absolute Gasteiger partial charge is 0.479 e. The van der Waals surface area contributed by atoms with E-state index < -0.39 is 12.1 Å². The number of hydrogen-bond acceptors (Lipinski definition) is 5. The molecular weight excluding hydrogens is 260 g/mol. The molecule has 0 radical (unpaired) electrons. The van der Waals surface area contributed by atoms with Gasteiger partial charge in [0.2, 0.25) is 5.88 Å². The molecule has 6 heteroatoms. The number of anilines is 1. The van der Waals surface area contributed by atoms with E-state index in [4.69, 9.17) is 14.6 Å². The molecule has 2 unspecified atom stereocenters. The van der Waals surface area contributed by atoms with Gasteiger partial charge >= 0.3 is 5.97 Å². The Morgan fingerprint density at radius 2 is 2.40 bits per heavy atom. The molecule has 1 saturated heterocycles. The highest BCUT2D eigenvalue weighted by atomic mass is 16.5. The third-order valence-electron chi connectivity index (χ3n) is 3.02. The molecule has 2 heterocycles. The van der Waals surface area contributed by atoms with E-state index in [2.05, 4.69) is 10.3 Å². The molecule has 1 aliphatic heterocycles. The minimum absolute atomic E-state index is 0.0459. The van der Waals surface area contributed by atoms with Crippen molar-refractivity contribution in [2.24, 2.45) is 0 Å². The lowest BCUT2D eigenvalue weighted by Gasteiger charge is -2.16. The van der Waals surface area contributed by atoms with Gasteiger partial charge in [-0.2, -0.15) is 0 Å². The Balaban J connectivity index is 1.90. The van der Waals surface area contributed by atoms with E-state index in [1.54, 1.807) is 6.20 Å². The van der Waals surface area contributed by atoms with Crippen LogP contribution in [0.4, 0.5) is 5.69 Å². The van der Waals surface area contributed by atoms with Crippen molar-refractivity contribution in [1.29, 1.82) is 0 Å². The molecule has 0 saturated carbocycles. The van der Waals surface area contributed by atoms with Gasteiger partial charge in [-0.15, -0.1) is 0 Å². The van der Waals surface area contributed by atoms with E-state index in [9.17, 15) is 4.79 Å². The molecule has 0 spiro atoms. The number of pyridine rings is 1. The predicted molar refractivity (Wildman–Crippen MR) is 74.0 cm³/mol. The minimum Gasteiger partial charge on any atom is -0.479 e. The van der Waals surface area contributed by atoms with Gasteiger partial charge < -0.3 is 19.9 Å². The van der Waals surface area contributed by atoms with Crippen LogP contribution in [-0.4, -0.2) is 40.9 Å². The number of rotatable bonds is 6. The predicted octanol–water partition coefficient (Wildman–Crippen LogP) is 1.91. The molecule has 1 fully saturated rings. The lowest BCUT2D eigenvalue weighted by molar-refractivity contribution is -0.149. The molecule has 1 aromatic heterocycles. The first-order chi connectivity index (χ1) is 9.56. The van der Waals surface area contributed by atoms with Gasteiger partial charge in [0.1, 0.15) is 0 Å². The molecule has 1 aliphatic rings. The summed E-state index contributed by atoms with van der Waals surface area (Å²) in [4.78, 5) is 15.0. The fourth-order valence-corrected chi connectivity index (χ4v) is 2.10. The quantitative estimate of drug-likeness (QED) is 0.828. The number of hydrogen-bond donors (Lipinski definition) is 2. The summed E-state index contributed by atoms with van der Waals surface area (Å²) in [6.45, 7) is 4.43. The van der Waals surface area contributed by atoms with Crippen LogP contribution in [-0.2, 0) is 9.53 Å². The van der Waals surface area contributed by atoms with E-state index in [0.29, 0.717) is 18.8 Å². The topological polar surface area (TPSA) is 80.7 Å². The molecule has 6 nitrogen and oxygen atoms in total. The smallest absolute Gasteiger partial charge is 0.332 e. The Kier molecular flexibility index (Phi) is 4.79. The van der Waals surface area contributed by atoms with E-state index in [-0.39, 0.29) is 12.2 Å². The summed E-state index contributed by atoms with van der Waals surface area (Å²) in [6.07, 6.45) is 2.25. The van der Waals surface area contributed by atoms with Gasteiger partial charge in [-0.05, 0) is 38.8 Å². The Bertz CT molecular complexity index is 464. The normalized spacial score (nSPS) is 21.9. The fraction of sp³-hybridized carbons (Fsp3) is 0.571. The summed E-state index contributed by atoms with van der Waals surface area (Å²) in [6, 6.07) is 3.71. The number of ether oxygens (including phenoxy) is 2. The van der Waals surface area contributed by atoms with Gasteiger partial charge in [-0.1, -0.05) is 0 Å². The van der Waals surface area contributed by atoms with Crippen LogP contribution in [0, 0.1) is 0 Å². The Labute approximate surface area is 118 Å². The first-order valence-corrected chi connectivity index (χ1v) is 6.80. The van der Waals surface area contributed by atoms with Gasteiger partial charge in [-0.25, -0.2) is 9.78 Å². The number of aromatic nitrogens is 1. The van der Waals surface area contributed by atoms with Gasteiger partial charge in [0.05, 0.1) is 17.9 Å². The van der Waals surface area contributed by atoms with Gasteiger partial charge in [-0.3, -0.25) is 0 Å². The summed E-state index contributed by atoms with van der Waals surface area (Å²) < 4.78 is 11.1. The van der Waals surface area contributed by atoms with Crippen LogP contribution in [0.25, 0.3) is 0 Å². The Morgan fingerprint density at radius 1 is 1.60 bits per heavy atom. The number of carboxylic acids is 1. The van der Waals surface area contributed by atoms with Gasteiger partial charge in [0.15, 0.2) is 6.10 Å². The second kappa shape index (κ2) is 6.56. The first kappa shape index (κ1) is 14.6. The number of nitrogens with zero attached hydrogens (tertiary/aromatic N) is 1. The zero-order valence-electron chi connectivity index (χ0n) is 11.7. The molecule has 0 bridgehead atoms. The SMILES string of the molecule is CC(C)Oc1ncccc1NCC1CCC(C(=O)O)O1. The van der Waals surface area contributed by atoms with Crippen LogP contribution in [0.15, 0.2) is 18.3 Å². The average molecular weight is 280 g/mol. The van der Waals surface area contributed by atoms with Crippen molar-refractivity contribution in [3.05, 3.63) is 18.3 Å². The van der Waals surface area contributed by atoms with Crippen LogP contribution >= 0.6 is 0 Å². The molecule has 110 valence electrons. The first-order valence-electron chi connectivity index (χ1n) is 6.80. The number of carbonyl (C=O) groups is 1. The average Bonchev–Trinajstić information content (AvgIpc) is 2.86. The van der Waals surface area contributed by atoms with Crippen molar-refractivity contribution >= 4 is 11.7 Å². The highest BCUT2D eigenvalue weighted by molar-refractivity contribution is 5.72. The molecule has 20 heavy (non-hydrogen) atoms. The van der Waals surface area contributed by atoms with Gasteiger partial charge in [0, 0.05) is 12.7 Å². The van der Waals surface area contributed by atoms with E-state index in [1.807, 2.05) is 26.0 Å². The molecule has 2 atom stereocenters. The maximum atomic E-state index is 10.8. The third kappa shape index (κ3) is 3.84. The van der Waals surface area contributed by atoms with Crippen LogP contribution < -0.4 is 10.1 Å². The van der Waals surface area contributed by atoms with Crippen LogP contribution in [0.5, 0.6) is 5.88 Å². The molecule has 0 aliphatic carbocycles. The fourth-order valence-electron chi connectivity index (χ4n) is 2.10. The van der Waals surface area contributed by atoms with Crippen molar-refractivity contribution < 1.29 is 19.4 Å². The highest BCUT2D eigenvalue weighted by Gasteiger charge is 2.30. The molecule has 0 amide bonds. The van der Waals surface area contributed by atoms with Crippen molar-refractivity contribution in [1.82, 2.24) is 4.98 Å². The number of carboxylic acid groups (broad SMARTS) is 1. The van der Waals surface area contributed by atoms with E-state index in [1.165, 1.54) is 0 Å². The van der Waals surface area contributed by atoms with E-state index >= 15 is 0 Å². The van der Waals surface area contributed by atoms with E-state index in [0.717, 1.165) is 12.1 Å². The standard InChI is InChI=1S/C14H20N2O4/c1-9(2)19-13-11(4-3-7-15-13)16-8-10-5-6-12(20-10)14(17)18/h3-4,7,9-10,12,16H,5-6,8H2,1-2H3,(H,17,18). The molecule has 2 N–H and O–H groups in total. The number of aliphatic carboxylic acids is 1. The van der Waals surface area contributed by atoms with Crippen molar-refractivity contribution in [3.8, 4) is 5.88 Å². The highest BCUT2D eigenvalue weighted by Crippen LogP contribution is 2.24. The Hall–Kier alpha value is -1.82. The van der Waals surface area contributed by atoms with Crippen LogP contribution in [0.2, 0.25) is 0 Å². The number of nitrogens with one attached hydrogen (secondary N) is 1.